The number of benzene rings is 1. The fourth-order valence-electron chi connectivity index (χ4n) is 1.87. The molecule has 0 aliphatic heterocycles. The van der Waals surface area contributed by atoms with Crippen LogP contribution in [0.25, 0.3) is 0 Å². The van der Waals surface area contributed by atoms with Crippen molar-refractivity contribution in [2.45, 2.75) is 19.3 Å². The van der Waals surface area contributed by atoms with Crippen LogP contribution in [-0.2, 0) is 4.79 Å². The van der Waals surface area contributed by atoms with E-state index in [0.29, 0.717) is 6.42 Å². The number of carbonyl (C=O) groups is 1. The van der Waals surface area contributed by atoms with Gasteiger partial charge in [0.15, 0.2) is 11.5 Å². The van der Waals surface area contributed by atoms with Crippen molar-refractivity contribution in [2.24, 2.45) is 0 Å². The third kappa shape index (κ3) is 1.33. The van der Waals surface area contributed by atoms with Crippen LogP contribution < -0.4 is 0 Å². The molecule has 1 aromatic carbocycles. The molecule has 0 aromatic heterocycles. The number of Topliss-reactive ketones (excluding diaryl/α,β-unsaturated/α-hetero) is 1. The molecule has 0 spiro atoms. The lowest BCUT2D eigenvalue weighted by atomic mass is 9.93. The van der Waals surface area contributed by atoms with Crippen LogP contribution in [0.2, 0.25) is 0 Å². The van der Waals surface area contributed by atoms with E-state index in [1.54, 1.807) is 0 Å². The molecule has 14 heavy (non-hydrogen) atoms. The molecule has 72 valence electrons. The van der Waals surface area contributed by atoms with Crippen molar-refractivity contribution in [3.05, 3.63) is 47.2 Å². The average Bonchev–Trinajstić information content (AvgIpc) is 2.47. The molecular weight excluding hydrogens is 176 g/mol. The highest BCUT2D eigenvalue weighted by Crippen LogP contribution is 2.35. The maximum atomic E-state index is 11.3. The standard InChI is InChI=1S/C12H12O2/c1-8-10(7-11(13)12(8)14)9-5-3-2-4-6-9/h2-6,10,14H,7H2,1H3. The van der Waals surface area contributed by atoms with Gasteiger partial charge in [-0.2, -0.15) is 0 Å². The average molecular weight is 188 g/mol. The van der Waals surface area contributed by atoms with Gasteiger partial charge < -0.3 is 5.11 Å². The molecular formula is C12H12O2. The lowest BCUT2D eigenvalue weighted by molar-refractivity contribution is -0.117. The van der Waals surface area contributed by atoms with Crippen molar-refractivity contribution in [1.29, 1.82) is 0 Å². The molecule has 0 radical (unpaired) electrons. The van der Waals surface area contributed by atoms with Crippen LogP contribution in [0.15, 0.2) is 41.7 Å². The predicted octanol–water partition coefficient (Wildman–Crippen LogP) is 2.58. The third-order valence-corrected chi connectivity index (χ3v) is 2.75. The minimum absolute atomic E-state index is 0.0427. The summed E-state index contributed by atoms with van der Waals surface area (Å²) in [6.07, 6.45) is 0.404. The van der Waals surface area contributed by atoms with Gasteiger partial charge >= 0.3 is 0 Å². The molecule has 1 unspecified atom stereocenters. The summed E-state index contributed by atoms with van der Waals surface area (Å²) >= 11 is 0. The Kier molecular flexibility index (Phi) is 2.12. The summed E-state index contributed by atoms with van der Waals surface area (Å²) in [5.74, 6) is -0.112. The first-order valence-corrected chi connectivity index (χ1v) is 4.68. The lowest BCUT2D eigenvalue weighted by Crippen LogP contribution is -1.97. The summed E-state index contributed by atoms with van der Waals surface area (Å²) in [5, 5.41) is 9.43. The molecule has 1 aliphatic rings. The van der Waals surface area contributed by atoms with E-state index in [1.807, 2.05) is 37.3 Å². The molecule has 2 heteroatoms. The van der Waals surface area contributed by atoms with Gasteiger partial charge in [0.25, 0.3) is 0 Å². The summed E-state index contributed by atoms with van der Waals surface area (Å²) in [7, 11) is 0. The SMILES string of the molecule is CC1=C(O)C(=O)CC1c1ccccc1. The third-order valence-electron chi connectivity index (χ3n) is 2.75. The van der Waals surface area contributed by atoms with Crippen LogP contribution in [0, 0.1) is 0 Å². The number of carbonyl (C=O) groups excluding carboxylic acids is 1. The Balaban J connectivity index is 2.36. The molecule has 1 aliphatic carbocycles. The van der Waals surface area contributed by atoms with Crippen molar-refractivity contribution >= 4 is 5.78 Å². The van der Waals surface area contributed by atoms with Crippen LogP contribution in [0.4, 0.5) is 0 Å². The Morgan fingerprint density at radius 3 is 2.43 bits per heavy atom. The highest BCUT2D eigenvalue weighted by molar-refractivity contribution is 5.97. The van der Waals surface area contributed by atoms with E-state index in [1.165, 1.54) is 0 Å². The zero-order valence-electron chi connectivity index (χ0n) is 8.03. The van der Waals surface area contributed by atoms with E-state index in [-0.39, 0.29) is 17.5 Å². The first-order valence-electron chi connectivity index (χ1n) is 4.68. The second-order valence-corrected chi connectivity index (χ2v) is 3.62. The van der Waals surface area contributed by atoms with Crippen LogP contribution >= 0.6 is 0 Å². The lowest BCUT2D eigenvalue weighted by Gasteiger charge is -2.09. The second-order valence-electron chi connectivity index (χ2n) is 3.62. The van der Waals surface area contributed by atoms with E-state index in [4.69, 9.17) is 0 Å². The Labute approximate surface area is 82.9 Å². The van der Waals surface area contributed by atoms with Crippen LogP contribution in [0.1, 0.15) is 24.8 Å². The van der Waals surface area contributed by atoms with Crippen molar-refractivity contribution in [3.8, 4) is 0 Å². The van der Waals surface area contributed by atoms with E-state index in [2.05, 4.69) is 0 Å². The topological polar surface area (TPSA) is 37.3 Å². The number of hydrogen-bond donors (Lipinski definition) is 1. The van der Waals surface area contributed by atoms with Gasteiger partial charge in [-0.1, -0.05) is 30.3 Å². The molecule has 0 saturated heterocycles. The van der Waals surface area contributed by atoms with Gasteiger partial charge in [0.2, 0.25) is 0 Å². The first kappa shape index (κ1) is 9.00. The number of aliphatic hydroxyl groups excluding tert-OH is 1. The van der Waals surface area contributed by atoms with E-state index < -0.39 is 0 Å². The minimum Gasteiger partial charge on any atom is -0.504 e. The molecule has 0 fully saturated rings. The predicted molar refractivity (Wildman–Crippen MR) is 54.1 cm³/mol. The van der Waals surface area contributed by atoms with Gasteiger partial charge in [0, 0.05) is 12.3 Å². The zero-order chi connectivity index (χ0) is 10.1. The van der Waals surface area contributed by atoms with Crippen molar-refractivity contribution in [2.75, 3.05) is 0 Å². The number of allylic oxidation sites excluding steroid dienone is 2. The van der Waals surface area contributed by atoms with Gasteiger partial charge in [0.05, 0.1) is 0 Å². The van der Waals surface area contributed by atoms with Crippen LogP contribution in [0.3, 0.4) is 0 Å². The molecule has 1 aromatic rings. The van der Waals surface area contributed by atoms with Gasteiger partial charge in [-0.3, -0.25) is 4.79 Å². The zero-order valence-corrected chi connectivity index (χ0v) is 8.03. The van der Waals surface area contributed by atoms with E-state index in [9.17, 15) is 9.90 Å². The maximum Gasteiger partial charge on any atom is 0.197 e. The summed E-state index contributed by atoms with van der Waals surface area (Å²) < 4.78 is 0. The maximum absolute atomic E-state index is 11.3. The number of rotatable bonds is 1. The summed E-state index contributed by atoms with van der Waals surface area (Å²) in [5.41, 5.74) is 1.89. The van der Waals surface area contributed by atoms with Crippen molar-refractivity contribution in [3.63, 3.8) is 0 Å². The van der Waals surface area contributed by atoms with Gasteiger partial charge in [-0.15, -0.1) is 0 Å². The second kappa shape index (κ2) is 3.29. The van der Waals surface area contributed by atoms with E-state index in [0.717, 1.165) is 11.1 Å². The molecule has 1 atom stereocenters. The van der Waals surface area contributed by atoms with Crippen molar-refractivity contribution in [1.82, 2.24) is 0 Å². The molecule has 2 nitrogen and oxygen atoms in total. The smallest absolute Gasteiger partial charge is 0.197 e. The quantitative estimate of drug-likeness (QED) is 0.735. The Morgan fingerprint density at radius 2 is 1.93 bits per heavy atom. The number of hydrogen-bond acceptors (Lipinski definition) is 2. The van der Waals surface area contributed by atoms with Gasteiger partial charge in [0.1, 0.15) is 0 Å². The molecule has 2 rings (SSSR count). The molecule has 0 heterocycles. The monoisotopic (exact) mass is 188 g/mol. The van der Waals surface area contributed by atoms with Gasteiger partial charge in [-0.05, 0) is 18.1 Å². The van der Waals surface area contributed by atoms with Gasteiger partial charge in [-0.25, -0.2) is 0 Å². The first-order chi connectivity index (χ1) is 6.70. The number of ketones is 1. The van der Waals surface area contributed by atoms with Crippen molar-refractivity contribution < 1.29 is 9.90 Å². The van der Waals surface area contributed by atoms with Crippen LogP contribution in [-0.4, -0.2) is 10.9 Å². The largest absolute Gasteiger partial charge is 0.504 e. The Bertz CT molecular complexity index is 390. The normalized spacial score (nSPS) is 21.8. The highest BCUT2D eigenvalue weighted by Gasteiger charge is 2.30. The van der Waals surface area contributed by atoms with E-state index >= 15 is 0 Å². The fourth-order valence-corrected chi connectivity index (χ4v) is 1.87. The summed E-state index contributed by atoms with van der Waals surface area (Å²) in [4.78, 5) is 11.3. The Hall–Kier alpha value is -1.57. The summed E-state index contributed by atoms with van der Waals surface area (Å²) in [6.45, 7) is 1.82. The molecule has 1 N–H and O–H groups in total. The Morgan fingerprint density at radius 1 is 1.29 bits per heavy atom. The molecule has 0 amide bonds. The molecule has 0 bridgehead atoms. The highest BCUT2D eigenvalue weighted by atomic mass is 16.3. The van der Waals surface area contributed by atoms with Crippen LogP contribution in [0.5, 0.6) is 0 Å². The minimum atomic E-state index is -0.142. The summed E-state index contributed by atoms with van der Waals surface area (Å²) in [6, 6.07) is 9.81. The fraction of sp³-hybridized carbons (Fsp3) is 0.250. The number of aliphatic hydroxyl groups is 1. The molecule has 0 saturated carbocycles.